The second-order valence-corrected chi connectivity index (χ2v) is 12.5. The van der Waals surface area contributed by atoms with Crippen LogP contribution in [0.1, 0.15) is 45.2 Å². The normalized spacial score (nSPS) is 17.6. The molecule has 0 aliphatic carbocycles. The van der Waals surface area contributed by atoms with Gasteiger partial charge in [0.1, 0.15) is 24.0 Å². The van der Waals surface area contributed by atoms with Crippen molar-refractivity contribution in [3.63, 3.8) is 0 Å². The molecule has 5 atom stereocenters. The zero-order chi connectivity index (χ0) is 34.6. The Labute approximate surface area is 275 Å². The van der Waals surface area contributed by atoms with Crippen LogP contribution in [0.4, 0.5) is 9.59 Å². The number of benzene rings is 2. The number of ether oxygens (including phenoxy) is 3. The highest BCUT2D eigenvalue weighted by atomic mass is 16.6. The minimum Gasteiger partial charge on any atom is -0.465 e. The van der Waals surface area contributed by atoms with Gasteiger partial charge in [0.05, 0.1) is 31.5 Å². The van der Waals surface area contributed by atoms with Gasteiger partial charge in [-0.15, -0.1) is 0 Å². The van der Waals surface area contributed by atoms with Crippen LogP contribution in [0, 0.1) is 0 Å². The first kappa shape index (κ1) is 37.4. The van der Waals surface area contributed by atoms with Gasteiger partial charge in [0.25, 0.3) is 0 Å². The van der Waals surface area contributed by atoms with E-state index in [0.29, 0.717) is 36.8 Å². The third-order valence-corrected chi connectivity index (χ3v) is 7.58. The minimum absolute atomic E-state index is 0.154. The smallest absolute Gasteiger partial charge is 0.410 e. The lowest BCUT2D eigenvalue weighted by molar-refractivity contribution is -0.142. The average molecular weight is 657 g/mol. The van der Waals surface area contributed by atoms with Gasteiger partial charge in [-0.1, -0.05) is 72.8 Å². The predicted molar refractivity (Wildman–Crippen MR) is 175 cm³/mol. The van der Waals surface area contributed by atoms with Gasteiger partial charge in [-0.25, -0.2) is 9.59 Å². The van der Waals surface area contributed by atoms with Crippen molar-refractivity contribution in [1.29, 1.82) is 0 Å². The topological polar surface area (TPSA) is 184 Å². The number of carbonyl (C=O) groups is 3. The molecule has 2 aromatic rings. The van der Waals surface area contributed by atoms with Crippen LogP contribution in [0.5, 0.6) is 0 Å². The van der Waals surface area contributed by atoms with Crippen molar-refractivity contribution >= 4 is 24.2 Å². The van der Waals surface area contributed by atoms with E-state index in [1.54, 1.807) is 68.2 Å². The number of aliphatic hydroxyl groups excluding tert-OH is 2. The Hall–Kier alpha value is -4.01. The van der Waals surface area contributed by atoms with E-state index in [1.165, 1.54) is 6.92 Å². The van der Waals surface area contributed by atoms with Gasteiger partial charge in [-0.05, 0) is 38.8 Å². The quantitative estimate of drug-likeness (QED) is 0.190. The molecule has 47 heavy (non-hydrogen) atoms. The summed E-state index contributed by atoms with van der Waals surface area (Å²) in [5.74, 6) is -0.269. The standard InChI is InChI=1S/C34H48N4O9/c1-24(39)34(35,22-26-13-9-6-10-14-26)38(32(43)44)30(36-31(42)47-33(2,3)4)28(40)21-27(16-15-25-11-7-5-8-12-25)46-23-29(41)37-17-19-45-20-18-37/h5-16,24,27-28,30,39-40H,17-23,35H2,1-4H3,(H,36,42)(H,43,44). The summed E-state index contributed by atoms with van der Waals surface area (Å²) in [6.45, 7) is 7.59. The lowest BCUT2D eigenvalue weighted by Gasteiger charge is -2.47. The summed E-state index contributed by atoms with van der Waals surface area (Å²) < 4.78 is 16.7. The van der Waals surface area contributed by atoms with Crippen molar-refractivity contribution in [2.45, 2.75) is 76.3 Å². The SMILES string of the molecule is CC(O)C(N)(Cc1ccccc1)N(C(=O)O)C(NC(=O)OC(C)(C)C)C(O)CC(C=Cc1ccccc1)OCC(=O)N1CCOCC1. The molecule has 1 saturated heterocycles. The summed E-state index contributed by atoms with van der Waals surface area (Å²) in [5.41, 5.74) is 5.16. The fourth-order valence-electron chi connectivity index (χ4n) is 5.11. The number of amides is 3. The number of hydrogen-bond donors (Lipinski definition) is 5. The van der Waals surface area contributed by atoms with Crippen LogP contribution in [0.25, 0.3) is 6.08 Å². The van der Waals surface area contributed by atoms with Crippen molar-refractivity contribution in [3.05, 3.63) is 77.9 Å². The van der Waals surface area contributed by atoms with Crippen LogP contribution < -0.4 is 11.1 Å². The van der Waals surface area contributed by atoms with Crippen LogP contribution in [-0.4, -0.2) is 112 Å². The fourth-order valence-corrected chi connectivity index (χ4v) is 5.11. The Kier molecular flexibility index (Phi) is 13.7. The monoisotopic (exact) mass is 656 g/mol. The van der Waals surface area contributed by atoms with E-state index in [2.05, 4.69) is 5.32 Å². The third kappa shape index (κ3) is 11.6. The van der Waals surface area contributed by atoms with E-state index in [9.17, 15) is 29.7 Å². The highest BCUT2D eigenvalue weighted by Crippen LogP contribution is 2.26. The molecule has 0 aromatic heterocycles. The molecule has 3 amide bonds. The van der Waals surface area contributed by atoms with E-state index in [1.807, 2.05) is 30.3 Å². The van der Waals surface area contributed by atoms with Crippen molar-refractivity contribution in [2.75, 3.05) is 32.9 Å². The molecule has 13 heteroatoms. The number of nitrogens with one attached hydrogen (secondary N) is 1. The molecule has 0 radical (unpaired) electrons. The summed E-state index contributed by atoms with van der Waals surface area (Å²) >= 11 is 0. The zero-order valence-electron chi connectivity index (χ0n) is 27.5. The summed E-state index contributed by atoms with van der Waals surface area (Å²) in [7, 11) is 0. The Morgan fingerprint density at radius 2 is 1.64 bits per heavy atom. The zero-order valence-corrected chi connectivity index (χ0v) is 27.5. The van der Waals surface area contributed by atoms with Crippen LogP contribution in [0.3, 0.4) is 0 Å². The first-order valence-electron chi connectivity index (χ1n) is 15.6. The Morgan fingerprint density at radius 1 is 1.04 bits per heavy atom. The number of alkyl carbamates (subject to hydrolysis) is 1. The van der Waals surface area contributed by atoms with Gasteiger partial charge in [0, 0.05) is 25.9 Å². The number of rotatable bonds is 14. The molecule has 258 valence electrons. The number of aliphatic hydroxyl groups is 2. The van der Waals surface area contributed by atoms with Gasteiger partial charge in [0.15, 0.2) is 0 Å². The summed E-state index contributed by atoms with van der Waals surface area (Å²) in [6, 6.07) is 18.0. The molecule has 1 heterocycles. The van der Waals surface area contributed by atoms with E-state index in [4.69, 9.17) is 19.9 Å². The molecule has 3 rings (SSSR count). The number of hydrogen-bond acceptors (Lipinski definition) is 9. The van der Waals surface area contributed by atoms with Crippen LogP contribution in [0.2, 0.25) is 0 Å². The van der Waals surface area contributed by atoms with E-state index in [-0.39, 0.29) is 25.4 Å². The minimum atomic E-state index is -2.02. The number of nitrogens with zero attached hydrogens (tertiary/aromatic N) is 2. The van der Waals surface area contributed by atoms with Crippen LogP contribution in [-0.2, 0) is 25.4 Å². The first-order valence-corrected chi connectivity index (χ1v) is 15.6. The van der Waals surface area contributed by atoms with E-state index >= 15 is 0 Å². The molecule has 1 aliphatic rings. The summed E-state index contributed by atoms with van der Waals surface area (Å²) in [5, 5.41) is 35.7. The Bertz CT molecular complexity index is 1310. The molecular weight excluding hydrogens is 608 g/mol. The maximum Gasteiger partial charge on any atom is 0.410 e. The maximum absolute atomic E-state index is 13.1. The van der Waals surface area contributed by atoms with Gasteiger partial charge in [-0.3, -0.25) is 15.0 Å². The third-order valence-electron chi connectivity index (χ3n) is 7.58. The summed E-state index contributed by atoms with van der Waals surface area (Å²) in [6.07, 6.45) is -5.38. The lowest BCUT2D eigenvalue weighted by atomic mass is 9.92. The number of morpholine rings is 1. The second kappa shape index (κ2) is 17.2. The molecule has 1 fully saturated rings. The second-order valence-electron chi connectivity index (χ2n) is 12.5. The van der Waals surface area contributed by atoms with Crippen molar-refractivity contribution in [3.8, 4) is 0 Å². The van der Waals surface area contributed by atoms with Gasteiger partial charge in [0.2, 0.25) is 5.91 Å². The van der Waals surface area contributed by atoms with Crippen LogP contribution in [0.15, 0.2) is 66.7 Å². The highest BCUT2D eigenvalue weighted by Gasteiger charge is 2.48. The average Bonchev–Trinajstić information content (AvgIpc) is 3.02. The fraction of sp³-hybridized carbons (Fsp3) is 0.500. The molecule has 0 spiro atoms. The highest BCUT2D eigenvalue weighted by molar-refractivity contribution is 5.77. The number of carbonyl (C=O) groups excluding carboxylic acids is 2. The largest absolute Gasteiger partial charge is 0.465 e. The van der Waals surface area contributed by atoms with E-state index in [0.717, 1.165) is 5.56 Å². The Morgan fingerprint density at radius 3 is 2.19 bits per heavy atom. The molecule has 5 unspecified atom stereocenters. The van der Waals surface area contributed by atoms with Crippen molar-refractivity contribution in [1.82, 2.24) is 15.1 Å². The number of nitrogens with two attached hydrogens (primary N) is 1. The van der Waals surface area contributed by atoms with Crippen molar-refractivity contribution < 1.29 is 43.9 Å². The Balaban J connectivity index is 1.97. The lowest BCUT2D eigenvalue weighted by Crippen LogP contribution is -2.73. The van der Waals surface area contributed by atoms with Crippen LogP contribution >= 0.6 is 0 Å². The van der Waals surface area contributed by atoms with Gasteiger partial charge < -0.3 is 40.2 Å². The first-order chi connectivity index (χ1) is 22.2. The molecule has 1 aliphatic heterocycles. The summed E-state index contributed by atoms with van der Waals surface area (Å²) in [4.78, 5) is 41.2. The molecule has 0 saturated carbocycles. The molecule has 2 aromatic carbocycles. The number of carboxylic acid groups (broad SMARTS) is 1. The predicted octanol–water partition coefficient (Wildman–Crippen LogP) is 2.80. The van der Waals surface area contributed by atoms with Crippen molar-refractivity contribution in [2.24, 2.45) is 5.73 Å². The molecule has 13 nitrogen and oxygen atoms in total. The van der Waals surface area contributed by atoms with E-state index < -0.39 is 47.9 Å². The molecule has 6 N–H and O–H groups in total. The molecular formula is C34H48N4O9. The van der Waals surface area contributed by atoms with Gasteiger partial charge in [-0.2, -0.15) is 0 Å². The maximum atomic E-state index is 13.1. The molecule has 0 bridgehead atoms. The van der Waals surface area contributed by atoms with Gasteiger partial charge >= 0.3 is 12.2 Å².